The van der Waals surface area contributed by atoms with Crippen LogP contribution in [0, 0.1) is 0 Å². The maximum absolute atomic E-state index is 13.5. The Labute approximate surface area is 490 Å². The lowest BCUT2D eigenvalue weighted by atomic mass is 10.0. The lowest BCUT2D eigenvalue weighted by Gasteiger charge is -2.30. The number of unbranched alkanes of at least 4 members (excludes halogenated alkanes) is 37. The largest absolute Gasteiger partial charge is 0.756 e. The number of carbonyl (C=O) groups is 2. The lowest BCUT2D eigenvalue weighted by molar-refractivity contribution is -0.870. The predicted octanol–water partition coefficient (Wildman–Crippen LogP) is 20.4. The molecule has 9 nitrogen and oxygen atoms in total. The highest BCUT2D eigenvalue weighted by Crippen LogP contribution is 2.38. The predicted molar refractivity (Wildman–Crippen MR) is 339 cm³/mol. The molecule has 462 valence electrons. The van der Waals surface area contributed by atoms with Gasteiger partial charge in [-0.05, 0) is 96.0 Å². The van der Waals surface area contributed by atoms with Gasteiger partial charge in [-0.3, -0.25) is 14.2 Å². The van der Waals surface area contributed by atoms with Crippen molar-refractivity contribution in [1.29, 1.82) is 0 Å². The van der Waals surface area contributed by atoms with E-state index in [0.29, 0.717) is 17.4 Å². The zero-order chi connectivity index (χ0) is 57.9. The SMILES string of the molecule is CCCCC/C=C\C/C=C\C/C=C\CCCCCCCCCCCCCCC(=O)OC(/C=C\CCCCCCCCCCCC)C(COP(=O)([O-])OCC[N+](C)(C)C)NC(=O)CCCCCCC/C=C/CCCCCCCCC. The molecular formula is C69H129N2O7P. The van der Waals surface area contributed by atoms with Crippen molar-refractivity contribution in [3.63, 3.8) is 0 Å². The van der Waals surface area contributed by atoms with Crippen LogP contribution >= 0.6 is 7.82 Å². The Kier molecular flexibility index (Phi) is 57.2. The number of hydrogen-bond acceptors (Lipinski definition) is 7. The monoisotopic (exact) mass is 1130 g/mol. The lowest BCUT2D eigenvalue weighted by Crippen LogP contribution is -2.47. The Balaban J connectivity index is 5.11. The molecule has 79 heavy (non-hydrogen) atoms. The molecule has 0 fully saturated rings. The summed E-state index contributed by atoms with van der Waals surface area (Å²) < 4.78 is 30.4. The van der Waals surface area contributed by atoms with Gasteiger partial charge in [-0.25, -0.2) is 0 Å². The summed E-state index contributed by atoms with van der Waals surface area (Å²) >= 11 is 0. The van der Waals surface area contributed by atoms with Crippen molar-refractivity contribution in [1.82, 2.24) is 5.32 Å². The van der Waals surface area contributed by atoms with E-state index < -0.39 is 26.6 Å². The van der Waals surface area contributed by atoms with Gasteiger partial charge in [0.25, 0.3) is 7.82 Å². The highest BCUT2D eigenvalue weighted by molar-refractivity contribution is 7.45. The van der Waals surface area contributed by atoms with Gasteiger partial charge >= 0.3 is 5.97 Å². The number of amides is 1. The molecule has 1 N–H and O–H groups in total. The van der Waals surface area contributed by atoms with Gasteiger partial charge in [-0.1, -0.05) is 268 Å². The van der Waals surface area contributed by atoms with Crippen molar-refractivity contribution >= 4 is 19.7 Å². The minimum Gasteiger partial charge on any atom is -0.756 e. The summed E-state index contributed by atoms with van der Waals surface area (Å²) in [6, 6.07) is -0.894. The maximum Gasteiger partial charge on any atom is 0.306 e. The molecule has 0 heterocycles. The van der Waals surface area contributed by atoms with Crippen LogP contribution in [0.5, 0.6) is 0 Å². The number of phosphoric ester groups is 1. The first-order valence-electron chi connectivity index (χ1n) is 33.6. The smallest absolute Gasteiger partial charge is 0.306 e. The molecule has 0 spiro atoms. The summed E-state index contributed by atoms with van der Waals surface area (Å²) in [5.74, 6) is -0.544. The average Bonchev–Trinajstić information content (AvgIpc) is 3.41. The van der Waals surface area contributed by atoms with Gasteiger partial charge in [0.15, 0.2) is 0 Å². The van der Waals surface area contributed by atoms with Crippen molar-refractivity contribution in [2.24, 2.45) is 0 Å². The minimum absolute atomic E-state index is 0.0243. The third-order valence-electron chi connectivity index (χ3n) is 14.9. The second kappa shape index (κ2) is 58.9. The Morgan fingerprint density at radius 2 is 0.772 bits per heavy atom. The number of carbonyl (C=O) groups excluding carboxylic acids is 2. The van der Waals surface area contributed by atoms with Gasteiger partial charge in [0, 0.05) is 12.8 Å². The van der Waals surface area contributed by atoms with E-state index >= 15 is 0 Å². The van der Waals surface area contributed by atoms with E-state index in [1.807, 2.05) is 33.3 Å². The van der Waals surface area contributed by atoms with Crippen molar-refractivity contribution in [3.05, 3.63) is 60.8 Å². The quantitative estimate of drug-likeness (QED) is 0.0212. The number of nitrogens with one attached hydrogen (secondary N) is 1. The van der Waals surface area contributed by atoms with Crippen LogP contribution in [0.25, 0.3) is 0 Å². The summed E-state index contributed by atoms with van der Waals surface area (Å²) in [5, 5.41) is 3.03. The molecule has 0 aromatic heterocycles. The molecule has 3 unspecified atom stereocenters. The molecule has 0 rings (SSSR count). The third kappa shape index (κ3) is 60.1. The summed E-state index contributed by atoms with van der Waals surface area (Å²) in [5.41, 5.74) is 0. The van der Waals surface area contributed by atoms with Gasteiger partial charge in [0.1, 0.15) is 19.3 Å². The summed E-state index contributed by atoms with van der Waals surface area (Å²) in [4.78, 5) is 40.1. The van der Waals surface area contributed by atoms with Gasteiger partial charge < -0.3 is 28.5 Å². The van der Waals surface area contributed by atoms with Crippen LogP contribution in [0.15, 0.2) is 60.8 Å². The van der Waals surface area contributed by atoms with Gasteiger partial charge in [0.2, 0.25) is 5.91 Å². The molecule has 0 saturated heterocycles. The number of esters is 1. The minimum atomic E-state index is -4.70. The van der Waals surface area contributed by atoms with Crippen LogP contribution in [0.1, 0.15) is 316 Å². The number of hydrogen-bond donors (Lipinski definition) is 1. The Hall–Kier alpha value is -2.29. The fourth-order valence-corrected chi connectivity index (χ4v) is 10.4. The summed E-state index contributed by atoms with van der Waals surface area (Å²) in [6.07, 6.45) is 74.8. The number of rotatable bonds is 61. The van der Waals surface area contributed by atoms with Crippen molar-refractivity contribution in [2.75, 3.05) is 40.9 Å². The summed E-state index contributed by atoms with van der Waals surface area (Å²) in [7, 11) is 1.18. The number of phosphoric acid groups is 1. The van der Waals surface area contributed by atoms with Gasteiger partial charge in [0.05, 0.1) is 33.8 Å². The highest BCUT2D eigenvalue weighted by atomic mass is 31.2. The van der Waals surface area contributed by atoms with Crippen LogP contribution in [0.4, 0.5) is 0 Å². The first-order valence-corrected chi connectivity index (χ1v) is 35.1. The van der Waals surface area contributed by atoms with Crippen molar-refractivity contribution in [3.8, 4) is 0 Å². The normalized spacial score (nSPS) is 14.0. The second-order valence-corrected chi connectivity index (χ2v) is 25.4. The van der Waals surface area contributed by atoms with E-state index in [1.165, 1.54) is 193 Å². The first-order chi connectivity index (χ1) is 38.4. The molecule has 0 aliphatic carbocycles. The van der Waals surface area contributed by atoms with Gasteiger partial charge in [-0.15, -0.1) is 0 Å². The van der Waals surface area contributed by atoms with E-state index in [1.54, 1.807) is 0 Å². The van der Waals surface area contributed by atoms with Crippen LogP contribution in [-0.2, 0) is 27.9 Å². The number of ether oxygens (including phenoxy) is 1. The fraction of sp³-hybridized carbons (Fsp3) is 0.826. The molecule has 0 aliphatic rings. The molecule has 10 heteroatoms. The van der Waals surface area contributed by atoms with Crippen LogP contribution in [0.2, 0.25) is 0 Å². The number of nitrogens with zero attached hydrogens (tertiary/aromatic N) is 1. The highest BCUT2D eigenvalue weighted by Gasteiger charge is 2.27. The van der Waals surface area contributed by atoms with E-state index in [4.69, 9.17) is 13.8 Å². The molecule has 0 aromatic carbocycles. The van der Waals surface area contributed by atoms with E-state index in [9.17, 15) is 19.0 Å². The Bertz CT molecular complexity index is 1540. The standard InChI is InChI=1S/C69H129N2O7P/c1-7-10-13-16-19-22-25-28-30-32-33-34-35-36-37-38-39-40-42-44-47-50-53-56-59-62-69(73)78-67(60-57-54-51-48-45-27-24-21-18-15-12-9-3)66(65-77-79(74,75)76-64-63-71(4,5)6)70-68(72)61-58-55-52-49-46-43-41-31-29-26-23-20-17-14-11-8-2/h19,22,28,30-31,33-34,41,57,60,66-67H,7-18,20-21,23-27,29,32,35-40,42-56,58-59,61-65H2,1-6H3,(H-,70,72,74,75)/b22-19-,30-28-,34-33-,41-31+,60-57-. The number of likely N-dealkylation sites (N-methyl/N-ethyl adjacent to an activating group) is 1. The molecule has 3 atom stereocenters. The zero-order valence-corrected chi connectivity index (χ0v) is 53.7. The molecule has 0 saturated carbocycles. The van der Waals surface area contributed by atoms with E-state index in [0.717, 1.165) is 89.9 Å². The van der Waals surface area contributed by atoms with Crippen LogP contribution in [-0.4, -0.2) is 69.4 Å². The Morgan fingerprint density at radius 1 is 0.443 bits per heavy atom. The van der Waals surface area contributed by atoms with Crippen LogP contribution in [0.3, 0.4) is 0 Å². The molecule has 1 amide bonds. The van der Waals surface area contributed by atoms with Crippen molar-refractivity contribution in [2.45, 2.75) is 328 Å². The average molecular weight is 1130 g/mol. The summed E-state index contributed by atoms with van der Waals surface area (Å²) in [6.45, 7) is 6.83. The van der Waals surface area contributed by atoms with Gasteiger partial charge in [-0.2, -0.15) is 0 Å². The molecule has 0 aliphatic heterocycles. The second-order valence-electron chi connectivity index (χ2n) is 24.0. The van der Waals surface area contributed by atoms with E-state index in [2.05, 4.69) is 74.7 Å². The first kappa shape index (κ1) is 76.7. The Morgan fingerprint density at radius 3 is 1.19 bits per heavy atom. The van der Waals surface area contributed by atoms with Crippen LogP contribution < -0.4 is 10.2 Å². The maximum atomic E-state index is 13.5. The molecule has 0 aromatic rings. The molecule has 0 bridgehead atoms. The number of quaternary nitrogens is 1. The topological polar surface area (TPSA) is 114 Å². The molecular weight excluding hydrogens is 1000 g/mol. The number of allylic oxidation sites excluding steroid dienone is 9. The van der Waals surface area contributed by atoms with Crippen molar-refractivity contribution < 1.29 is 37.3 Å². The third-order valence-corrected chi connectivity index (χ3v) is 15.9. The zero-order valence-electron chi connectivity index (χ0n) is 52.8. The fourth-order valence-electron chi connectivity index (χ4n) is 9.70. The van der Waals surface area contributed by atoms with E-state index in [-0.39, 0.29) is 24.9 Å². The molecule has 0 radical (unpaired) electrons.